The summed E-state index contributed by atoms with van der Waals surface area (Å²) in [6.45, 7) is 2.15. The molecule has 0 spiro atoms. The van der Waals surface area contributed by atoms with Crippen molar-refractivity contribution < 1.29 is 24.2 Å². The number of likely N-dealkylation sites (tertiary alicyclic amines) is 1. The van der Waals surface area contributed by atoms with Gasteiger partial charge in [0.05, 0.1) is 24.8 Å². The highest BCUT2D eigenvalue weighted by Gasteiger charge is 2.38. The minimum Gasteiger partial charge on any atom is -0.466 e. The first-order valence-corrected chi connectivity index (χ1v) is 10.3. The number of esters is 1. The number of amides is 2. The van der Waals surface area contributed by atoms with Crippen molar-refractivity contribution in [1.29, 1.82) is 0 Å². The van der Waals surface area contributed by atoms with Gasteiger partial charge in [0, 0.05) is 30.7 Å². The first-order chi connectivity index (χ1) is 14.9. The summed E-state index contributed by atoms with van der Waals surface area (Å²) in [4.78, 5) is 38.3. The Morgan fingerprint density at radius 1 is 1.29 bits per heavy atom. The van der Waals surface area contributed by atoms with Crippen molar-refractivity contribution in [3.63, 3.8) is 0 Å². The molecule has 1 aliphatic heterocycles. The highest BCUT2D eigenvalue weighted by atomic mass is 35.5. The first kappa shape index (κ1) is 22.7. The number of aliphatic hydroxyl groups excluding tert-OH is 1. The van der Waals surface area contributed by atoms with Crippen LogP contribution >= 0.6 is 11.6 Å². The molecule has 10 nitrogen and oxygen atoms in total. The second-order valence-electron chi connectivity index (χ2n) is 7.18. The minimum atomic E-state index is -0.787. The molecule has 1 aliphatic rings. The number of aromatic nitrogens is 3. The van der Waals surface area contributed by atoms with E-state index in [0.717, 1.165) is 5.56 Å². The van der Waals surface area contributed by atoms with E-state index in [2.05, 4.69) is 15.6 Å². The lowest BCUT2D eigenvalue weighted by Gasteiger charge is -2.23. The van der Waals surface area contributed by atoms with E-state index in [4.69, 9.17) is 16.3 Å². The van der Waals surface area contributed by atoms with Gasteiger partial charge in [-0.3, -0.25) is 14.4 Å². The van der Waals surface area contributed by atoms with Gasteiger partial charge in [-0.15, -0.1) is 5.10 Å². The number of nitrogens with zero attached hydrogens (tertiary/aromatic N) is 4. The molecule has 0 unspecified atom stereocenters. The van der Waals surface area contributed by atoms with Gasteiger partial charge in [0.1, 0.15) is 12.6 Å². The molecule has 31 heavy (non-hydrogen) atoms. The zero-order chi connectivity index (χ0) is 22.4. The zero-order valence-electron chi connectivity index (χ0n) is 17.0. The fraction of sp³-hybridized carbons (Fsp3) is 0.450. The summed E-state index contributed by atoms with van der Waals surface area (Å²) in [5.74, 6) is -1.15. The molecule has 2 N–H and O–H groups in total. The summed E-state index contributed by atoms with van der Waals surface area (Å²) in [6.07, 6.45) is 0.811. The molecule has 0 saturated carbocycles. The molecule has 2 atom stereocenters. The maximum absolute atomic E-state index is 12.8. The molecule has 0 aliphatic carbocycles. The molecular formula is C20H24ClN5O5. The lowest BCUT2D eigenvalue weighted by molar-refractivity contribution is -0.142. The zero-order valence-corrected chi connectivity index (χ0v) is 17.8. The van der Waals surface area contributed by atoms with Gasteiger partial charge in [-0.05, 0) is 24.6 Å². The highest BCUT2D eigenvalue weighted by molar-refractivity contribution is 6.30. The number of halogens is 1. The SMILES string of the molecule is CCOC(=O)Cc1cn(CC(=O)N2C[C@H](O)C[C@H]2C(=O)NCc2ccc(Cl)cc2)nn1. The normalized spacial score (nSPS) is 18.1. The van der Waals surface area contributed by atoms with Crippen LogP contribution in [-0.2, 0) is 38.6 Å². The van der Waals surface area contributed by atoms with E-state index in [1.807, 2.05) is 0 Å². The molecule has 1 aromatic carbocycles. The molecule has 11 heteroatoms. The van der Waals surface area contributed by atoms with Crippen molar-refractivity contribution in [2.45, 2.75) is 45.0 Å². The number of β-amino-alcohol motifs (C(OH)–C–C–N with tert-alkyl or cyclic N) is 1. The Morgan fingerprint density at radius 3 is 2.74 bits per heavy atom. The van der Waals surface area contributed by atoms with Crippen LogP contribution in [0.2, 0.25) is 5.02 Å². The maximum Gasteiger partial charge on any atom is 0.311 e. The van der Waals surface area contributed by atoms with Crippen LogP contribution in [0.5, 0.6) is 0 Å². The third kappa shape index (κ3) is 6.25. The van der Waals surface area contributed by atoms with Crippen molar-refractivity contribution in [2.24, 2.45) is 0 Å². The highest BCUT2D eigenvalue weighted by Crippen LogP contribution is 2.19. The number of hydrogen-bond acceptors (Lipinski definition) is 7. The molecule has 0 bridgehead atoms. The third-order valence-electron chi connectivity index (χ3n) is 4.80. The molecule has 2 amide bonds. The quantitative estimate of drug-likeness (QED) is 0.555. The molecule has 2 heterocycles. The number of carbonyl (C=O) groups excluding carboxylic acids is 3. The van der Waals surface area contributed by atoms with Gasteiger partial charge in [-0.1, -0.05) is 28.9 Å². The van der Waals surface area contributed by atoms with Crippen LogP contribution in [0.4, 0.5) is 0 Å². The molecule has 3 rings (SSSR count). The Bertz CT molecular complexity index is 932. The number of nitrogens with one attached hydrogen (secondary N) is 1. The van der Waals surface area contributed by atoms with Gasteiger partial charge < -0.3 is 20.1 Å². The maximum atomic E-state index is 12.8. The standard InChI is InChI=1S/C20H24ClN5O5/c1-2-31-19(29)7-15-10-25(24-23-15)12-18(28)26-11-16(27)8-17(26)20(30)22-9-13-3-5-14(21)6-4-13/h3-6,10,16-17,27H,2,7-9,11-12H2,1H3,(H,22,30)/t16-,17+/m1/s1. The average Bonchev–Trinajstić information content (AvgIpc) is 3.33. The smallest absolute Gasteiger partial charge is 0.311 e. The fourth-order valence-corrected chi connectivity index (χ4v) is 3.46. The van der Waals surface area contributed by atoms with E-state index < -0.39 is 18.1 Å². The molecular weight excluding hydrogens is 426 g/mol. The van der Waals surface area contributed by atoms with Crippen LogP contribution < -0.4 is 5.32 Å². The average molecular weight is 450 g/mol. The Balaban J connectivity index is 1.57. The van der Waals surface area contributed by atoms with Crippen LogP contribution in [0.3, 0.4) is 0 Å². The first-order valence-electron chi connectivity index (χ1n) is 9.90. The van der Waals surface area contributed by atoms with Gasteiger partial charge in [0.25, 0.3) is 0 Å². The molecule has 1 saturated heterocycles. The lowest BCUT2D eigenvalue weighted by Crippen LogP contribution is -2.46. The number of ether oxygens (including phenoxy) is 1. The Kier molecular flexibility index (Phi) is 7.59. The summed E-state index contributed by atoms with van der Waals surface area (Å²) in [5, 5.41) is 21.1. The van der Waals surface area contributed by atoms with Crippen LogP contribution in [-0.4, -0.2) is 68.1 Å². The predicted octanol–water partition coefficient (Wildman–Crippen LogP) is 0.315. The Labute approximate surface area is 184 Å². The van der Waals surface area contributed by atoms with Crippen LogP contribution in [0.15, 0.2) is 30.5 Å². The summed E-state index contributed by atoms with van der Waals surface area (Å²) in [5.41, 5.74) is 1.25. The third-order valence-corrected chi connectivity index (χ3v) is 5.05. The van der Waals surface area contributed by atoms with E-state index in [-0.39, 0.29) is 50.9 Å². The number of aliphatic hydroxyl groups is 1. The van der Waals surface area contributed by atoms with Crippen molar-refractivity contribution in [2.75, 3.05) is 13.2 Å². The number of hydrogen-bond donors (Lipinski definition) is 2. The van der Waals surface area contributed by atoms with Crippen molar-refractivity contribution >= 4 is 29.4 Å². The summed E-state index contributed by atoms with van der Waals surface area (Å²) < 4.78 is 6.16. The molecule has 1 fully saturated rings. The number of rotatable bonds is 8. The molecule has 166 valence electrons. The van der Waals surface area contributed by atoms with E-state index in [1.54, 1.807) is 31.2 Å². The van der Waals surface area contributed by atoms with Gasteiger partial charge in [-0.25, -0.2) is 4.68 Å². The number of carbonyl (C=O) groups is 3. The van der Waals surface area contributed by atoms with Crippen LogP contribution in [0.25, 0.3) is 0 Å². The second-order valence-corrected chi connectivity index (χ2v) is 7.62. The van der Waals surface area contributed by atoms with Gasteiger partial charge in [0.2, 0.25) is 11.8 Å². The summed E-state index contributed by atoms with van der Waals surface area (Å²) in [6, 6.07) is 6.28. The van der Waals surface area contributed by atoms with Gasteiger partial charge in [0.15, 0.2) is 0 Å². The Hall–Kier alpha value is -2.98. The van der Waals surface area contributed by atoms with Gasteiger partial charge >= 0.3 is 5.97 Å². The van der Waals surface area contributed by atoms with E-state index in [9.17, 15) is 19.5 Å². The Morgan fingerprint density at radius 2 is 2.03 bits per heavy atom. The van der Waals surface area contributed by atoms with Crippen molar-refractivity contribution in [3.8, 4) is 0 Å². The van der Waals surface area contributed by atoms with E-state index >= 15 is 0 Å². The summed E-state index contributed by atoms with van der Waals surface area (Å²) >= 11 is 5.86. The van der Waals surface area contributed by atoms with Crippen molar-refractivity contribution in [3.05, 3.63) is 46.7 Å². The van der Waals surface area contributed by atoms with E-state index in [0.29, 0.717) is 10.7 Å². The molecule has 2 aromatic rings. The van der Waals surface area contributed by atoms with Crippen molar-refractivity contribution in [1.82, 2.24) is 25.2 Å². The summed E-state index contributed by atoms with van der Waals surface area (Å²) in [7, 11) is 0. The minimum absolute atomic E-state index is 0.0415. The van der Waals surface area contributed by atoms with Crippen LogP contribution in [0, 0.1) is 0 Å². The fourth-order valence-electron chi connectivity index (χ4n) is 3.33. The molecule has 1 aromatic heterocycles. The lowest BCUT2D eigenvalue weighted by atomic mass is 10.1. The van der Waals surface area contributed by atoms with Gasteiger partial charge in [-0.2, -0.15) is 0 Å². The molecule has 0 radical (unpaired) electrons. The predicted molar refractivity (Wildman–Crippen MR) is 110 cm³/mol. The topological polar surface area (TPSA) is 127 Å². The van der Waals surface area contributed by atoms with Crippen LogP contribution in [0.1, 0.15) is 24.6 Å². The second kappa shape index (κ2) is 10.4. The largest absolute Gasteiger partial charge is 0.466 e. The number of benzene rings is 1. The van der Waals surface area contributed by atoms with E-state index in [1.165, 1.54) is 15.8 Å². The monoisotopic (exact) mass is 449 g/mol.